The van der Waals surface area contributed by atoms with Gasteiger partial charge < -0.3 is 18.7 Å². The molecule has 190 valence electrons. The maximum absolute atomic E-state index is 13.4. The molecule has 1 amide bonds. The summed E-state index contributed by atoms with van der Waals surface area (Å²) < 4.78 is 18.8. The number of rotatable bonds is 7. The summed E-state index contributed by atoms with van der Waals surface area (Å²) in [5.41, 5.74) is -1.88. The maximum atomic E-state index is 13.4. The number of aliphatic hydroxyl groups excluding tert-OH is 1. The molecule has 1 unspecified atom stereocenters. The number of amides is 1. The summed E-state index contributed by atoms with van der Waals surface area (Å²) in [4.78, 5) is 15.1. The van der Waals surface area contributed by atoms with Crippen molar-refractivity contribution in [1.82, 2.24) is 4.90 Å². The molecule has 0 spiro atoms. The van der Waals surface area contributed by atoms with Crippen LogP contribution in [-0.4, -0.2) is 64.3 Å². The number of aliphatic hydroxyl groups is 1. The van der Waals surface area contributed by atoms with Crippen molar-refractivity contribution in [3.8, 4) is 0 Å². The van der Waals surface area contributed by atoms with E-state index in [2.05, 4.69) is 67.7 Å². The van der Waals surface area contributed by atoms with Crippen LogP contribution in [0, 0.1) is 16.7 Å². The second kappa shape index (κ2) is 10.5. The van der Waals surface area contributed by atoms with E-state index in [1.165, 1.54) is 0 Å². The number of carbonyl (C=O) groups excluding carboxylic acids is 1. The minimum atomic E-state index is -1.62. The van der Waals surface area contributed by atoms with Gasteiger partial charge in [0.05, 0.1) is 6.10 Å². The van der Waals surface area contributed by atoms with Gasteiger partial charge in [-0.05, 0) is 63.7 Å². The maximum Gasteiger partial charge on any atom is 0.412 e. The van der Waals surface area contributed by atoms with Crippen LogP contribution in [0.1, 0.15) is 75.2 Å². The summed E-state index contributed by atoms with van der Waals surface area (Å²) in [7, 11) is -2.94. The predicted octanol–water partition coefficient (Wildman–Crippen LogP) is 5.15. The van der Waals surface area contributed by atoms with Crippen molar-refractivity contribution >= 4 is 24.2 Å². The Morgan fingerprint density at radius 2 is 1.56 bits per heavy atom. The highest BCUT2D eigenvalue weighted by Gasteiger charge is 2.57. The van der Waals surface area contributed by atoms with Gasteiger partial charge in [0.2, 0.25) is 0 Å². The van der Waals surface area contributed by atoms with Gasteiger partial charge in [-0.2, -0.15) is 0 Å². The first kappa shape index (κ1) is 29.6. The van der Waals surface area contributed by atoms with E-state index < -0.39 is 41.6 Å². The van der Waals surface area contributed by atoms with E-state index in [9.17, 15) is 9.90 Å². The van der Waals surface area contributed by atoms with Crippen LogP contribution >= 0.6 is 0 Å². The Hall–Kier alpha value is -0.416. The molecule has 4 atom stereocenters. The lowest BCUT2D eigenvalue weighted by atomic mass is 9.77. The van der Waals surface area contributed by atoms with E-state index >= 15 is 0 Å². The Morgan fingerprint density at radius 3 is 1.94 bits per heavy atom. The summed E-state index contributed by atoms with van der Waals surface area (Å²) in [6, 6.07) is 0. The molecule has 1 aliphatic rings. The molecule has 1 saturated heterocycles. The Balaban J connectivity index is 3.46. The number of nitrogens with zero attached hydrogens (tertiary/aromatic N) is 1. The molecule has 1 heterocycles. The van der Waals surface area contributed by atoms with Gasteiger partial charge in [0, 0.05) is 19.4 Å². The zero-order chi connectivity index (χ0) is 25.3. The Morgan fingerprint density at radius 1 is 1.03 bits per heavy atom. The smallest absolute Gasteiger partial charge is 0.412 e. The zero-order valence-corrected chi connectivity index (χ0v) is 25.3. The molecule has 0 radical (unpaired) electrons. The Labute approximate surface area is 200 Å². The van der Waals surface area contributed by atoms with Gasteiger partial charge in [0.15, 0.2) is 23.8 Å². The third kappa shape index (κ3) is 8.11. The van der Waals surface area contributed by atoms with E-state index in [0.717, 1.165) is 0 Å². The van der Waals surface area contributed by atoms with Gasteiger partial charge in [0.1, 0.15) is 11.7 Å². The molecule has 0 aliphatic carbocycles. The summed E-state index contributed by atoms with van der Waals surface area (Å²) in [6.45, 7) is 27.6. The van der Waals surface area contributed by atoms with E-state index in [-0.39, 0.29) is 22.9 Å². The molecule has 1 fully saturated rings. The van der Waals surface area contributed by atoms with Crippen LogP contribution in [0.4, 0.5) is 4.79 Å². The lowest BCUT2D eigenvalue weighted by Crippen LogP contribution is -2.60. The standard InChI is InChI=1S/C24H51NO5Si2/c1-21(2,3)17-15-24(30-32(12)13,25(16-17)20(27)28-23(7,8)9)18(26)14-19(22(4,5)6)29-31(10)11/h17-19,26,31-32H,14-16H2,1-13H3/t17-,18-,19?,24-/m0/s1. The van der Waals surface area contributed by atoms with Crippen LogP contribution in [0.5, 0.6) is 0 Å². The van der Waals surface area contributed by atoms with Crippen LogP contribution in [-0.2, 0) is 13.6 Å². The monoisotopic (exact) mass is 489 g/mol. The van der Waals surface area contributed by atoms with Crippen molar-refractivity contribution in [3.05, 3.63) is 0 Å². The summed E-state index contributed by atoms with van der Waals surface area (Å²) in [5, 5.41) is 11.8. The highest BCUT2D eigenvalue weighted by atomic mass is 28.3. The summed E-state index contributed by atoms with van der Waals surface area (Å²) in [5.74, 6) is 0.186. The first-order chi connectivity index (χ1) is 14.2. The third-order valence-corrected chi connectivity index (χ3v) is 7.79. The zero-order valence-electron chi connectivity index (χ0n) is 23.0. The van der Waals surface area contributed by atoms with E-state index in [4.69, 9.17) is 13.6 Å². The van der Waals surface area contributed by atoms with Gasteiger partial charge in [-0.15, -0.1) is 0 Å². The van der Waals surface area contributed by atoms with Gasteiger partial charge >= 0.3 is 6.09 Å². The summed E-state index contributed by atoms with van der Waals surface area (Å²) >= 11 is 0. The molecular formula is C24H51NO5Si2. The fourth-order valence-electron chi connectivity index (χ4n) is 4.27. The van der Waals surface area contributed by atoms with Crippen LogP contribution in [0.2, 0.25) is 26.2 Å². The molecule has 32 heavy (non-hydrogen) atoms. The lowest BCUT2D eigenvalue weighted by molar-refractivity contribution is -0.151. The molecule has 0 bridgehead atoms. The second-order valence-electron chi connectivity index (χ2n) is 13.2. The molecule has 1 aliphatic heterocycles. The molecule has 8 heteroatoms. The van der Waals surface area contributed by atoms with Crippen LogP contribution in [0.25, 0.3) is 0 Å². The fraction of sp³-hybridized carbons (Fsp3) is 0.958. The average molecular weight is 490 g/mol. The lowest BCUT2D eigenvalue weighted by Gasteiger charge is -2.45. The molecular weight excluding hydrogens is 438 g/mol. The van der Waals surface area contributed by atoms with Crippen LogP contribution in [0.3, 0.4) is 0 Å². The second-order valence-corrected chi connectivity index (χ2v) is 17.9. The fourth-order valence-corrected chi connectivity index (χ4v) is 6.65. The van der Waals surface area contributed by atoms with Crippen LogP contribution in [0.15, 0.2) is 0 Å². The molecule has 6 nitrogen and oxygen atoms in total. The molecule has 0 aromatic heterocycles. The number of carbonyl (C=O) groups is 1. The van der Waals surface area contributed by atoms with E-state index in [0.29, 0.717) is 19.4 Å². The largest absolute Gasteiger partial charge is 0.444 e. The number of likely N-dealkylation sites (tertiary alicyclic amines) is 1. The highest BCUT2D eigenvalue weighted by molar-refractivity contribution is 6.48. The quantitative estimate of drug-likeness (QED) is 0.501. The van der Waals surface area contributed by atoms with Gasteiger partial charge in [-0.3, -0.25) is 4.90 Å². The van der Waals surface area contributed by atoms with E-state index in [1.807, 2.05) is 20.8 Å². The predicted molar refractivity (Wildman–Crippen MR) is 137 cm³/mol. The minimum absolute atomic E-state index is 0.0333. The van der Waals surface area contributed by atoms with Crippen molar-refractivity contribution in [2.45, 2.75) is 125 Å². The number of hydrogen-bond donors (Lipinski definition) is 1. The van der Waals surface area contributed by atoms with Crippen molar-refractivity contribution in [3.63, 3.8) is 0 Å². The molecule has 1 rings (SSSR count). The molecule has 0 aromatic rings. The van der Waals surface area contributed by atoms with Gasteiger partial charge in [-0.25, -0.2) is 4.79 Å². The molecule has 1 N–H and O–H groups in total. The molecule has 0 saturated carbocycles. The number of hydrogen-bond acceptors (Lipinski definition) is 5. The first-order valence-corrected chi connectivity index (χ1v) is 17.8. The Kier molecular flexibility index (Phi) is 9.68. The van der Waals surface area contributed by atoms with Crippen molar-refractivity contribution in [1.29, 1.82) is 0 Å². The minimum Gasteiger partial charge on any atom is -0.444 e. The summed E-state index contributed by atoms with van der Waals surface area (Å²) in [6.07, 6.45) is -0.379. The third-order valence-electron chi connectivity index (χ3n) is 6.04. The van der Waals surface area contributed by atoms with Crippen molar-refractivity contribution in [2.24, 2.45) is 16.7 Å². The van der Waals surface area contributed by atoms with E-state index in [1.54, 1.807) is 4.90 Å². The molecule has 0 aromatic carbocycles. The van der Waals surface area contributed by atoms with Crippen LogP contribution < -0.4 is 0 Å². The van der Waals surface area contributed by atoms with Gasteiger partial charge in [0.25, 0.3) is 0 Å². The average Bonchev–Trinajstić information content (AvgIpc) is 2.91. The SMILES string of the molecule is C[SiH](C)OC(C[C@H](O)[C@@]1(O[SiH](C)C)C[C@H](C(C)(C)C)CN1C(=O)OC(C)(C)C)C(C)(C)C. The topological polar surface area (TPSA) is 68.2 Å². The Bertz CT molecular complexity index is 621. The van der Waals surface area contributed by atoms with Gasteiger partial charge in [-0.1, -0.05) is 41.5 Å². The highest BCUT2D eigenvalue weighted by Crippen LogP contribution is 2.47. The first-order valence-electron chi connectivity index (χ1n) is 12.2. The van der Waals surface area contributed by atoms with Crippen molar-refractivity contribution in [2.75, 3.05) is 6.54 Å². The normalized spacial score (nSPS) is 24.9. The number of ether oxygens (including phenoxy) is 1. The van der Waals surface area contributed by atoms with Crippen molar-refractivity contribution < 1.29 is 23.5 Å².